The molecule has 8 nitrogen and oxygen atoms in total. The first kappa shape index (κ1) is 17.3. The molecule has 0 fully saturated rings. The van der Waals surface area contributed by atoms with Crippen LogP contribution >= 0.6 is 0 Å². The van der Waals surface area contributed by atoms with Crippen molar-refractivity contribution in [3.8, 4) is 11.5 Å². The zero-order valence-electron chi connectivity index (χ0n) is 14.5. The average Bonchev–Trinajstić information content (AvgIpc) is 3.02. The predicted molar refractivity (Wildman–Crippen MR) is 97.5 cm³/mol. The van der Waals surface area contributed by atoms with Crippen molar-refractivity contribution in [2.24, 2.45) is 0 Å². The molecule has 3 aromatic rings. The third-order valence-corrected chi connectivity index (χ3v) is 3.77. The van der Waals surface area contributed by atoms with E-state index in [0.717, 1.165) is 5.56 Å². The lowest BCUT2D eigenvalue weighted by atomic mass is 10.2. The first-order chi connectivity index (χ1) is 12.6. The number of anilines is 2. The van der Waals surface area contributed by atoms with Crippen LogP contribution in [0.5, 0.6) is 11.5 Å². The standard InChI is InChI=1S/C18H19N5O3/c1-25-14-8-13(9-15(10-14)26-2)20-18(24)16-17(19)23(22-21-16)11-12-6-4-3-5-7-12/h3-10H,11,19H2,1-2H3,(H,20,24). The first-order valence-electron chi connectivity index (χ1n) is 7.88. The second-order valence-electron chi connectivity index (χ2n) is 5.52. The van der Waals surface area contributed by atoms with Crippen LogP contribution in [0.2, 0.25) is 0 Å². The highest BCUT2D eigenvalue weighted by atomic mass is 16.5. The molecule has 0 saturated carbocycles. The van der Waals surface area contributed by atoms with Crippen LogP contribution in [0.3, 0.4) is 0 Å². The lowest BCUT2D eigenvalue weighted by Gasteiger charge is -2.09. The van der Waals surface area contributed by atoms with Crippen molar-refractivity contribution < 1.29 is 14.3 Å². The van der Waals surface area contributed by atoms with Gasteiger partial charge in [0.05, 0.1) is 20.8 Å². The summed E-state index contributed by atoms with van der Waals surface area (Å²) in [5.41, 5.74) is 7.61. The van der Waals surface area contributed by atoms with E-state index in [2.05, 4.69) is 15.6 Å². The van der Waals surface area contributed by atoms with E-state index in [9.17, 15) is 4.79 Å². The van der Waals surface area contributed by atoms with Crippen molar-refractivity contribution in [1.82, 2.24) is 15.0 Å². The summed E-state index contributed by atoms with van der Waals surface area (Å²) >= 11 is 0. The Morgan fingerprint density at radius 3 is 2.38 bits per heavy atom. The van der Waals surface area contributed by atoms with Crippen LogP contribution in [-0.2, 0) is 6.54 Å². The van der Waals surface area contributed by atoms with Gasteiger partial charge in [0.25, 0.3) is 5.91 Å². The van der Waals surface area contributed by atoms with Crippen LogP contribution in [-0.4, -0.2) is 35.1 Å². The topological polar surface area (TPSA) is 104 Å². The number of carbonyl (C=O) groups is 1. The van der Waals surface area contributed by atoms with Crippen molar-refractivity contribution in [3.63, 3.8) is 0 Å². The van der Waals surface area contributed by atoms with Crippen LogP contribution in [0.15, 0.2) is 48.5 Å². The van der Waals surface area contributed by atoms with Gasteiger partial charge in [0.15, 0.2) is 11.5 Å². The Morgan fingerprint density at radius 2 is 1.77 bits per heavy atom. The molecule has 2 aromatic carbocycles. The molecule has 8 heteroatoms. The van der Waals surface area contributed by atoms with Crippen LogP contribution in [0.25, 0.3) is 0 Å². The summed E-state index contributed by atoms with van der Waals surface area (Å²) in [6.07, 6.45) is 0. The number of rotatable bonds is 6. The largest absolute Gasteiger partial charge is 0.497 e. The summed E-state index contributed by atoms with van der Waals surface area (Å²) in [6, 6.07) is 14.7. The molecule has 0 atom stereocenters. The van der Waals surface area contributed by atoms with E-state index in [1.807, 2.05) is 30.3 Å². The third kappa shape index (κ3) is 3.75. The van der Waals surface area contributed by atoms with Crippen molar-refractivity contribution in [1.29, 1.82) is 0 Å². The number of nitrogen functional groups attached to an aromatic ring is 1. The monoisotopic (exact) mass is 353 g/mol. The lowest BCUT2D eigenvalue weighted by Crippen LogP contribution is -2.15. The number of ether oxygens (including phenoxy) is 2. The van der Waals surface area contributed by atoms with E-state index in [0.29, 0.717) is 23.7 Å². The molecule has 1 aromatic heterocycles. The van der Waals surface area contributed by atoms with E-state index < -0.39 is 5.91 Å². The Bertz CT molecular complexity index is 886. The Balaban J connectivity index is 1.79. The second-order valence-corrected chi connectivity index (χ2v) is 5.52. The fourth-order valence-electron chi connectivity index (χ4n) is 2.43. The number of nitrogens with one attached hydrogen (secondary N) is 1. The number of amides is 1. The zero-order valence-corrected chi connectivity index (χ0v) is 14.5. The van der Waals surface area contributed by atoms with Gasteiger partial charge >= 0.3 is 0 Å². The van der Waals surface area contributed by atoms with Gasteiger partial charge in [-0.2, -0.15) is 0 Å². The van der Waals surface area contributed by atoms with Crippen molar-refractivity contribution in [2.45, 2.75) is 6.54 Å². The smallest absolute Gasteiger partial charge is 0.280 e. The molecule has 3 N–H and O–H groups in total. The van der Waals surface area contributed by atoms with Gasteiger partial charge in [0, 0.05) is 23.9 Å². The number of aromatic nitrogens is 3. The minimum Gasteiger partial charge on any atom is -0.497 e. The molecule has 0 bridgehead atoms. The maximum absolute atomic E-state index is 12.5. The van der Waals surface area contributed by atoms with Crippen LogP contribution in [0, 0.1) is 0 Å². The van der Waals surface area contributed by atoms with Gasteiger partial charge in [-0.25, -0.2) is 4.68 Å². The Hall–Kier alpha value is -3.55. The molecule has 26 heavy (non-hydrogen) atoms. The molecular formula is C18H19N5O3. The number of methoxy groups -OCH3 is 2. The van der Waals surface area contributed by atoms with Gasteiger partial charge in [-0.05, 0) is 5.56 Å². The fraction of sp³-hybridized carbons (Fsp3) is 0.167. The molecule has 0 unspecified atom stereocenters. The van der Waals surface area contributed by atoms with E-state index in [4.69, 9.17) is 15.2 Å². The number of carbonyl (C=O) groups excluding carboxylic acids is 1. The van der Waals surface area contributed by atoms with Crippen LogP contribution in [0.4, 0.5) is 11.5 Å². The molecule has 0 aliphatic heterocycles. The summed E-state index contributed by atoms with van der Waals surface area (Å²) in [5.74, 6) is 0.846. The number of benzene rings is 2. The fourth-order valence-corrected chi connectivity index (χ4v) is 2.43. The average molecular weight is 353 g/mol. The Labute approximate surface area is 150 Å². The second kappa shape index (κ2) is 7.56. The predicted octanol–water partition coefficient (Wildman–Crippen LogP) is 2.18. The Morgan fingerprint density at radius 1 is 1.12 bits per heavy atom. The van der Waals surface area contributed by atoms with E-state index in [1.165, 1.54) is 18.9 Å². The highest BCUT2D eigenvalue weighted by Crippen LogP contribution is 2.26. The summed E-state index contributed by atoms with van der Waals surface area (Å²) in [7, 11) is 3.07. The van der Waals surface area contributed by atoms with Crippen molar-refractivity contribution in [3.05, 3.63) is 59.8 Å². The molecule has 3 rings (SSSR count). The number of nitrogens with zero attached hydrogens (tertiary/aromatic N) is 3. The van der Waals surface area contributed by atoms with Gasteiger partial charge < -0.3 is 20.5 Å². The molecule has 134 valence electrons. The van der Waals surface area contributed by atoms with Crippen LogP contribution < -0.4 is 20.5 Å². The van der Waals surface area contributed by atoms with E-state index in [-0.39, 0.29) is 11.5 Å². The number of hydrogen-bond donors (Lipinski definition) is 2. The maximum Gasteiger partial charge on any atom is 0.280 e. The Kier molecular flexibility index (Phi) is 5.02. The summed E-state index contributed by atoms with van der Waals surface area (Å²) < 4.78 is 11.9. The molecule has 1 amide bonds. The van der Waals surface area contributed by atoms with Gasteiger partial charge in [-0.1, -0.05) is 35.5 Å². The molecule has 1 heterocycles. The number of nitrogens with two attached hydrogens (primary N) is 1. The first-order valence-corrected chi connectivity index (χ1v) is 7.88. The highest BCUT2D eigenvalue weighted by molar-refractivity contribution is 6.05. The van der Waals surface area contributed by atoms with Crippen LogP contribution in [0.1, 0.15) is 16.1 Å². The zero-order chi connectivity index (χ0) is 18.5. The molecule has 0 saturated heterocycles. The van der Waals surface area contributed by atoms with E-state index >= 15 is 0 Å². The minimum absolute atomic E-state index is 0.0581. The third-order valence-electron chi connectivity index (χ3n) is 3.77. The lowest BCUT2D eigenvalue weighted by molar-refractivity contribution is 0.102. The summed E-state index contributed by atoms with van der Waals surface area (Å²) in [4.78, 5) is 12.5. The SMILES string of the molecule is COc1cc(NC(=O)c2nnn(Cc3ccccc3)c2N)cc(OC)c1. The van der Waals surface area contributed by atoms with Gasteiger partial charge in [-0.15, -0.1) is 5.10 Å². The van der Waals surface area contributed by atoms with Gasteiger partial charge in [0.2, 0.25) is 0 Å². The quantitative estimate of drug-likeness (QED) is 0.704. The van der Waals surface area contributed by atoms with Crippen molar-refractivity contribution >= 4 is 17.4 Å². The van der Waals surface area contributed by atoms with Gasteiger partial charge in [-0.3, -0.25) is 4.79 Å². The van der Waals surface area contributed by atoms with E-state index in [1.54, 1.807) is 18.2 Å². The van der Waals surface area contributed by atoms with Crippen molar-refractivity contribution in [2.75, 3.05) is 25.3 Å². The van der Waals surface area contributed by atoms with Gasteiger partial charge in [0.1, 0.15) is 11.5 Å². The molecule has 0 aliphatic rings. The molecule has 0 aliphatic carbocycles. The molecule has 0 spiro atoms. The summed E-state index contributed by atoms with van der Waals surface area (Å²) in [6.45, 7) is 0.430. The maximum atomic E-state index is 12.5. The minimum atomic E-state index is -0.461. The molecular weight excluding hydrogens is 334 g/mol. The highest BCUT2D eigenvalue weighted by Gasteiger charge is 2.18. The number of hydrogen-bond acceptors (Lipinski definition) is 6. The summed E-state index contributed by atoms with van der Waals surface area (Å²) in [5, 5.41) is 10.6. The normalized spacial score (nSPS) is 10.4. The molecule has 0 radical (unpaired) electrons.